The molecule has 1 aliphatic carbocycles. The van der Waals surface area contributed by atoms with Crippen LogP contribution < -0.4 is 0 Å². The molecule has 9 heteroatoms. The number of benzene rings is 1. The third-order valence-electron chi connectivity index (χ3n) is 6.44. The molecule has 1 unspecified atom stereocenters. The number of amides is 1. The Balaban J connectivity index is 1.53. The largest absolute Gasteiger partial charge is 0.335 e. The maximum atomic E-state index is 13.4. The van der Waals surface area contributed by atoms with E-state index in [9.17, 15) is 17.6 Å². The van der Waals surface area contributed by atoms with Gasteiger partial charge in [0.25, 0.3) is 0 Å². The van der Waals surface area contributed by atoms with E-state index in [0.29, 0.717) is 12.3 Å². The predicted octanol–water partition coefficient (Wildman–Crippen LogP) is 4.40. The molecule has 1 aromatic heterocycles. The first-order valence-corrected chi connectivity index (χ1v) is 14.5. The molecular weight excluding hydrogens is 461 g/mol. The molecule has 1 aliphatic heterocycles. The number of thioether (sulfide) groups is 1. The average Bonchev–Trinajstić information content (AvgIpc) is 3.49. The highest BCUT2D eigenvalue weighted by Gasteiger charge is 2.39. The van der Waals surface area contributed by atoms with Gasteiger partial charge in [0.05, 0.1) is 29.1 Å². The first kappa shape index (κ1) is 24.3. The van der Waals surface area contributed by atoms with Crippen molar-refractivity contribution in [2.45, 2.75) is 69.7 Å². The highest BCUT2D eigenvalue weighted by atomic mass is 32.2. The fraction of sp³-hybridized carbons (Fsp3) is 0.583. The maximum absolute atomic E-state index is 13.4. The summed E-state index contributed by atoms with van der Waals surface area (Å²) in [5.74, 6) is 0.557. The van der Waals surface area contributed by atoms with Crippen LogP contribution >= 0.6 is 11.8 Å². The molecule has 4 rings (SSSR count). The van der Waals surface area contributed by atoms with Gasteiger partial charge in [0.1, 0.15) is 5.82 Å². The number of imidazole rings is 1. The number of hydrogen-bond acceptors (Lipinski definition) is 5. The first-order valence-electron chi connectivity index (χ1n) is 11.7. The van der Waals surface area contributed by atoms with Gasteiger partial charge in [-0.1, -0.05) is 38.5 Å². The minimum absolute atomic E-state index is 0.00331. The SMILES string of the molecule is CC(C)Cn1c(-c2ccc(F)cc2)cnc1SCC(=O)N(C1CCCC1)C1CCS(=O)(=O)C1. The normalized spacial score (nSPS) is 20.5. The monoisotopic (exact) mass is 493 g/mol. The van der Waals surface area contributed by atoms with Crippen LogP contribution in [0.2, 0.25) is 0 Å². The van der Waals surface area contributed by atoms with Crippen LogP contribution in [0.4, 0.5) is 4.39 Å². The van der Waals surface area contributed by atoms with E-state index < -0.39 is 9.84 Å². The summed E-state index contributed by atoms with van der Waals surface area (Å²) in [7, 11) is -3.07. The zero-order valence-electron chi connectivity index (χ0n) is 19.2. The zero-order valence-corrected chi connectivity index (χ0v) is 20.9. The lowest BCUT2D eigenvalue weighted by molar-refractivity contribution is -0.132. The van der Waals surface area contributed by atoms with Gasteiger partial charge in [0.2, 0.25) is 5.91 Å². The van der Waals surface area contributed by atoms with E-state index in [2.05, 4.69) is 23.4 Å². The van der Waals surface area contributed by atoms with Crippen LogP contribution in [-0.4, -0.2) is 58.1 Å². The summed E-state index contributed by atoms with van der Waals surface area (Å²) in [4.78, 5) is 19.9. The number of aromatic nitrogens is 2. The smallest absolute Gasteiger partial charge is 0.233 e. The molecular formula is C24H32FN3O3S2. The Bertz CT molecular complexity index is 1080. The molecule has 2 fully saturated rings. The lowest BCUT2D eigenvalue weighted by Crippen LogP contribution is -2.47. The molecule has 0 bridgehead atoms. The summed E-state index contributed by atoms with van der Waals surface area (Å²) in [6, 6.07) is 6.29. The summed E-state index contributed by atoms with van der Waals surface area (Å²) in [6.07, 6.45) is 6.38. The van der Waals surface area contributed by atoms with E-state index in [1.165, 1.54) is 23.9 Å². The van der Waals surface area contributed by atoms with Crippen molar-refractivity contribution in [1.82, 2.24) is 14.5 Å². The van der Waals surface area contributed by atoms with Crippen molar-refractivity contribution in [2.24, 2.45) is 5.92 Å². The summed E-state index contributed by atoms with van der Waals surface area (Å²) in [6.45, 7) is 4.98. The van der Waals surface area contributed by atoms with Crippen LogP contribution in [0.15, 0.2) is 35.6 Å². The third-order valence-corrected chi connectivity index (χ3v) is 9.16. The second-order valence-corrected chi connectivity index (χ2v) is 12.7. The fourth-order valence-corrected chi connectivity index (χ4v) is 7.52. The second-order valence-electron chi connectivity index (χ2n) is 9.52. The summed E-state index contributed by atoms with van der Waals surface area (Å²) in [5, 5.41) is 0.752. The number of halogens is 1. The fourth-order valence-electron chi connectivity index (χ4n) is 4.95. The number of sulfone groups is 1. The van der Waals surface area contributed by atoms with Gasteiger partial charge in [-0.3, -0.25) is 4.79 Å². The highest BCUT2D eigenvalue weighted by Crippen LogP contribution is 2.32. The Kier molecular flexibility index (Phi) is 7.48. The van der Waals surface area contributed by atoms with Crippen molar-refractivity contribution < 1.29 is 17.6 Å². The number of hydrogen-bond donors (Lipinski definition) is 0. The van der Waals surface area contributed by atoms with E-state index in [-0.39, 0.29) is 41.1 Å². The molecule has 1 saturated heterocycles. The molecule has 180 valence electrons. The first-order chi connectivity index (χ1) is 15.7. The van der Waals surface area contributed by atoms with Gasteiger partial charge in [-0.25, -0.2) is 17.8 Å². The van der Waals surface area contributed by atoms with Gasteiger partial charge in [-0.2, -0.15) is 0 Å². The molecule has 0 spiro atoms. The quantitative estimate of drug-likeness (QED) is 0.510. The Morgan fingerprint density at radius 3 is 2.48 bits per heavy atom. The number of carbonyl (C=O) groups excluding carboxylic acids is 1. The molecule has 0 N–H and O–H groups in total. The van der Waals surface area contributed by atoms with Gasteiger partial charge in [0, 0.05) is 18.6 Å². The van der Waals surface area contributed by atoms with Gasteiger partial charge >= 0.3 is 0 Å². The van der Waals surface area contributed by atoms with Crippen molar-refractivity contribution in [3.05, 3.63) is 36.3 Å². The third kappa shape index (κ3) is 5.80. The summed E-state index contributed by atoms with van der Waals surface area (Å²) >= 11 is 1.40. The maximum Gasteiger partial charge on any atom is 0.233 e. The number of nitrogens with zero attached hydrogens (tertiary/aromatic N) is 3. The molecule has 1 saturated carbocycles. The average molecular weight is 494 g/mol. The van der Waals surface area contributed by atoms with Crippen molar-refractivity contribution in [1.29, 1.82) is 0 Å². The molecule has 6 nitrogen and oxygen atoms in total. The minimum atomic E-state index is -3.07. The molecule has 1 aromatic carbocycles. The lowest BCUT2D eigenvalue weighted by Gasteiger charge is -2.34. The van der Waals surface area contributed by atoms with Crippen LogP contribution in [0.25, 0.3) is 11.3 Å². The van der Waals surface area contributed by atoms with Crippen molar-refractivity contribution >= 4 is 27.5 Å². The molecule has 33 heavy (non-hydrogen) atoms. The van der Waals surface area contributed by atoms with E-state index in [0.717, 1.165) is 48.6 Å². The summed E-state index contributed by atoms with van der Waals surface area (Å²) < 4.78 is 39.7. The van der Waals surface area contributed by atoms with Crippen molar-refractivity contribution in [3.8, 4) is 11.3 Å². The standard InChI is InChI=1S/C24H32FN3O3S2/c1-17(2)14-27-22(18-7-9-19(25)10-8-18)13-26-24(27)32-15-23(29)28(20-5-3-4-6-20)21-11-12-33(30,31)16-21/h7-10,13,17,20-21H,3-6,11-12,14-16H2,1-2H3. The van der Waals surface area contributed by atoms with Crippen molar-refractivity contribution in [3.63, 3.8) is 0 Å². The van der Waals surface area contributed by atoms with Crippen LogP contribution in [0.3, 0.4) is 0 Å². The Morgan fingerprint density at radius 2 is 1.88 bits per heavy atom. The van der Waals surface area contributed by atoms with E-state index in [4.69, 9.17) is 0 Å². The highest BCUT2D eigenvalue weighted by molar-refractivity contribution is 7.99. The molecule has 2 heterocycles. The topological polar surface area (TPSA) is 72.3 Å². The van der Waals surface area contributed by atoms with E-state index in [1.807, 2.05) is 4.90 Å². The van der Waals surface area contributed by atoms with Crippen molar-refractivity contribution in [2.75, 3.05) is 17.3 Å². The Labute approximate surface area is 199 Å². The number of rotatable bonds is 8. The Morgan fingerprint density at radius 1 is 1.18 bits per heavy atom. The number of carbonyl (C=O) groups is 1. The van der Waals surface area contributed by atoms with Gasteiger partial charge < -0.3 is 9.47 Å². The zero-order chi connectivity index (χ0) is 23.6. The van der Waals surface area contributed by atoms with Gasteiger partial charge in [-0.15, -0.1) is 0 Å². The Hall–Kier alpha value is -1.87. The van der Waals surface area contributed by atoms with Crippen LogP contribution in [-0.2, 0) is 21.2 Å². The molecule has 2 aromatic rings. The van der Waals surface area contributed by atoms with E-state index >= 15 is 0 Å². The van der Waals surface area contributed by atoms with Gasteiger partial charge in [0.15, 0.2) is 15.0 Å². The lowest BCUT2D eigenvalue weighted by atomic mass is 10.1. The van der Waals surface area contributed by atoms with E-state index in [1.54, 1.807) is 18.3 Å². The molecule has 1 atom stereocenters. The predicted molar refractivity (Wildman–Crippen MR) is 129 cm³/mol. The summed E-state index contributed by atoms with van der Waals surface area (Å²) in [5.41, 5.74) is 1.78. The second kappa shape index (κ2) is 10.2. The molecule has 0 radical (unpaired) electrons. The van der Waals surface area contributed by atoms with Crippen LogP contribution in [0.5, 0.6) is 0 Å². The molecule has 2 aliphatic rings. The minimum Gasteiger partial charge on any atom is -0.335 e. The van der Waals surface area contributed by atoms with Crippen LogP contribution in [0, 0.1) is 11.7 Å². The molecule has 1 amide bonds. The van der Waals surface area contributed by atoms with Crippen LogP contribution in [0.1, 0.15) is 46.0 Å². The van der Waals surface area contributed by atoms with Gasteiger partial charge in [-0.05, 0) is 55.0 Å².